The number of carbonyl (C=O) groups is 2. The number of carboxylic acid groups (broad SMARTS) is 1. The average molecular weight is 320 g/mol. The molecule has 3 N–H and O–H groups in total. The Morgan fingerprint density at radius 3 is 2.19 bits per heavy atom. The van der Waals surface area contributed by atoms with Crippen LogP contribution in [-0.4, -0.2) is 44.2 Å². The summed E-state index contributed by atoms with van der Waals surface area (Å²) in [4.78, 5) is 23.4. The van der Waals surface area contributed by atoms with Gasteiger partial charge in [-0.1, -0.05) is 20.3 Å². The van der Waals surface area contributed by atoms with Gasteiger partial charge in [-0.15, -0.1) is 0 Å². The van der Waals surface area contributed by atoms with Crippen LogP contribution in [0.15, 0.2) is 0 Å². The number of nitrogens with one attached hydrogen (secondary N) is 2. The molecule has 1 unspecified atom stereocenters. The Bertz CT molecular complexity index is 497. The predicted octanol–water partition coefficient (Wildman–Crippen LogP) is 0.321. The second kappa shape index (κ2) is 6.74. The third kappa shape index (κ3) is 5.28. The van der Waals surface area contributed by atoms with Gasteiger partial charge in [0.25, 0.3) is 0 Å². The van der Waals surface area contributed by atoms with E-state index in [-0.39, 0.29) is 12.5 Å². The SMILES string of the molecule is CC(C)CC(NS(C)(=O)=O)C(=O)NCC1(C(=O)O)CCC1. The molecule has 7 nitrogen and oxygen atoms in total. The first kappa shape index (κ1) is 17.9. The lowest BCUT2D eigenvalue weighted by atomic mass is 9.69. The average Bonchev–Trinajstić information content (AvgIpc) is 2.23. The van der Waals surface area contributed by atoms with Gasteiger partial charge < -0.3 is 10.4 Å². The van der Waals surface area contributed by atoms with Gasteiger partial charge in [-0.25, -0.2) is 13.1 Å². The summed E-state index contributed by atoms with van der Waals surface area (Å²) in [5, 5.41) is 11.8. The van der Waals surface area contributed by atoms with Crippen molar-refractivity contribution in [3.05, 3.63) is 0 Å². The highest BCUT2D eigenvalue weighted by atomic mass is 32.2. The number of carboxylic acids is 1. The van der Waals surface area contributed by atoms with Gasteiger partial charge in [0, 0.05) is 6.54 Å². The van der Waals surface area contributed by atoms with Gasteiger partial charge in [0.15, 0.2) is 0 Å². The lowest BCUT2D eigenvalue weighted by molar-refractivity contribution is -0.154. The van der Waals surface area contributed by atoms with E-state index in [0.29, 0.717) is 19.3 Å². The summed E-state index contributed by atoms with van der Waals surface area (Å²) in [6.45, 7) is 3.81. The molecule has 1 atom stereocenters. The maximum atomic E-state index is 12.1. The van der Waals surface area contributed by atoms with Crippen molar-refractivity contribution in [1.82, 2.24) is 10.0 Å². The zero-order valence-electron chi connectivity index (χ0n) is 12.7. The fourth-order valence-electron chi connectivity index (χ4n) is 2.39. The molecule has 0 spiro atoms. The molecular weight excluding hydrogens is 296 g/mol. The highest BCUT2D eigenvalue weighted by Gasteiger charge is 2.44. The largest absolute Gasteiger partial charge is 0.481 e. The molecule has 1 aliphatic carbocycles. The van der Waals surface area contributed by atoms with Gasteiger partial charge in [0.05, 0.1) is 11.7 Å². The Morgan fingerprint density at radius 2 is 1.86 bits per heavy atom. The van der Waals surface area contributed by atoms with Crippen LogP contribution in [0.25, 0.3) is 0 Å². The summed E-state index contributed by atoms with van der Waals surface area (Å²) in [5.41, 5.74) is -0.886. The zero-order valence-corrected chi connectivity index (χ0v) is 13.5. The van der Waals surface area contributed by atoms with Crippen molar-refractivity contribution in [2.75, 3.05) is 12.8 Å². The fraction of sp³-hybridized carbons (Fsp3) is 0.846. The maximum Gasteiger partial charge on any atom is 0.311 e. The molecular formula is C13H24N2O5S. The summed E-state index contributed by atoms with van der Waals surface area (Å²) < 4.78 is 24.9. The minimum absolute atomic E-state index is 0.0429. The molecule has 0 heterocycles. The lowest BCUT2D eigenvalue weighted by Crippen LogP contribution is -2.52. The molecule has 0 aromatic rings. The predicted molar refractivity (Wildman–Crippen MR) is 78.2 cm³/mol. The minimum Gasteiger partial charge on any atom is -0.481 e. The summed E-state index contributed by atoms with van der Waals surface area (Å²) in [6.07, 6.45) is 3.27. The number of hydrogen-bond acceptors (Lipinski definition) is 4. The lowest BCUT2D eigenvalue weighted by Gasteiger charge is -2.38. The molecule has 1 rings (SSSR count). The molecule has 0 bridgehead atoms. The van der Waals surface area contributed by atoms with E-state index in [9.17, 15) is 23.1 Å². The van der Waals surface area contributed by atoms with E-state index in [1.54, 1.807) is 0 Å². The molecule has 0 aliphatic heterocycles. The summed E-state index contributed by atoms with van der Waals surface area (Å²) in [6, 6.07) is -0.870. The fourth-order valence-corrected chi connectivity index (χ4v) is 3.11. The quantitative estimate of drug-likeness (QED) is 0.596. The Kier molecular flexibility index (Phi) is 5.75. The maximum absolute atomic E-state index is 12.1. The van der Waals surface area contributed by atoms with E-state index in [4.69, 9.17) is 0 Å². The van der Waals surface area contributed by atoms with Crippen LogP contribution in [0, 0.1) is 11.3 Å². The van der Waals surface area contributed by atoms with E-state index >= 15 is 0 Å². The Hall–Kier alpha value is -1.15. The number of rotatable bonds is 8. The van der Waals surface area contributed by atoms with Crippen LogP contribution in [0.1, 0.15) is 39.5 Å². The van der Waals surface area contributed by atoms with Crippen LogP contribution in [0.5, 0.6) is 0 Å². The van der Waals surface area contributed by atoms with E-state index in [1.807, 2.05) is 13.8 Å². The Labute approximate surface area is 125 Å². The first-order valence-electron chi connectivity index (χ1n) is 7.04. The number of amides is 1. The van der Waals surface area contributed by atoms with Crippen molar-refractivity contribution in [2.24, 2.45) is 11.3 Å². The van der Waals surface area contributed by atoms with Gasteiger partial charge in [-0.05, 0) is 25.2 Å². The Balaban J connectivity index is 2.66. The molecule has 0 aromatic carbocycles. The second-order valence-corrected chi connectivity index (χ2v) is 8.01. The van der Waals surface area contributed by atoms with Gasteiger partial charge in [-0.3, -0.25) is 9.59 Å². The van der Waals surface area contributed by atoms with Crippen molar-refractivity contribution in [1.29, 1.82) is 0 Å². The number of aliphatic carboxylic acids is 1. The van der Waals surface area contributed by atoms with Gasteiger partial charge >= 0.3 is 5.97 Å². The van der Waals surface area contributed by atoms with Crippen molar-refractivity contribution < 1.29 is 23.1 Å². The summed E-state index contributed by atoms with van der Waals surface area (Å²) >= 11 is 0. The molecule has 122 valence electrons. The highest BCUT2D eigenvalue weighted by Crippen LogP contribution is 2.40. The van der Waals surface area contributed by atoms with E-state index < -0.39 is 33.4 Å². The summed E-state index contributed by atoms with van der Waals surface area (Å²) in [5.74, 6) is -1.25. The first-order chi connectivity index (χ1) is 9.56. The van der Waals surface area contributed by atoms with Crippen molar-refractivity contribution in [2.45, 2.75) is 45.6 Å². The minimum atomic E-state index is -3.50. The van der Waals surface area contributed by atoms with E-state index in [1.165, 1.54) is 0 Å². The van der Waals surface area contributed by atoms with Crippen LogP contribution in [0.3, 0.4) is 0 Å². The van der Waals surface area contributed by atoms with Gasteiger partial charge in [0.1, 0.15) is 6.04 Å². The molecule has 0 radical (unpaired) electrons. The smallest absolute Gasteiger partial charge is 0.311 e. The number of hydrogen-bond donors (Lipinski definition) is 3. The molecule has 21 heavy (non-hydrogen) atoms. The molecule has 1 fully saturated rings. The van der Waals surface area contributed by atoms with Crippen LogP contribution in [0.2, 0.25) is 0 Å². The number of sulfonamides is 1. The zero-order chi connectivity index (χ0) is 16.3. The normalized spacial score (nSPS) is 18.9. The van der Waals surface area contributed by atoms with E-state index in [0.717, 1.165) is 12.7 Å². The highest BCUT2D eigenvalue weighted by molar-refractivity contribution is 7.88. The third-order valence-corrected chi connectivity index (χ3v) is 4.46. The topological polar surface area (TPSA) is 113 Å². The Morgan fingerprint density at radius 1 is 1.29 bits per heavy atom. The second-order valence-electron chi connectivity index (χ2n) is 6.23. The van der Waals surface area contributed by atoms with Crippen LogP contribution < -0.4 is 10.0 Å². The molecule has 0 saturated heterocycles. The molecule has 8 heteroatoms. The molecule has 1 aliphatic rings. The van der Waals surface area contributed by atoms with Crippen molar-refractivity contribution >= 4 is 21.9 Å². The van der Waals surface area contributed by atoms with E-state index in [2.05, 4.69) is 10.0 Å². The van der Waals surface area contributed by atoms with Crippen molar-refractivity contribution in [3.63, 3.8) is 0 Å². The molecule has 0 aromatic heterocycles. The standard InChI is InChI=1S/C13H24N2O5S/c1-9(2)7-10(15-21(3,19)20)11(16)14-8-13(12(17)18)5-4-6-13/h9-10,15H,4-8H2,1-3H3,(H,14,16)(H,17,18). The van der Waals surface area contributed by atoms with Gasteiger partial charge in [0.2, 0.25) is 15.9 Å². The number of carbonyl (C=O) groups excluding carboxylic acids is 1. The molecule has 1 amide bonds. The molecule has 1 saturated carbocycles. The van der Waals surface area contributed by atoms with Crippen LogP contribution in [-0.2, 0) is 19.6 Å². The third-order valence-electron chi connectivity index (χ3n) is 3.75. The summed E-state index contributed by atoms with van der Waals surface area (Å²) in [7, 11) is -3.50. The first-order valence-corrected chi connectivity index (χ1v) is 8.93. The van der Waals surface area contributed by atoms with Crippen molar-refractivity contribution in [3.8, 4) is 0 Å². The monoisotopic (exact) mass is 320 g/mol. The van der Waals surface area contributed by atoms with Gasteiger partial charge in [-0.2, -0.15) is 0 Å². The van der Waals surface area contributed by atoms with Crippen LogP contribution >= 0.6 is 0 Å². The van der Waals surface area contributed by atoms with Crippen LogP contribution in [0.4, 0.5) is 0 Å².